The monoisotopic (exact) mass is 1550 g/mol. The van der Waals surface area contributed by atoms with Crippen molar-refractivity contribution in [3.8, 4) is 0 Å². The topological polar surface area (TPSA) is 276 Å². The van der Waals surface area contributed by atoms with Gasteiger partial charge in [0.2, 0.25) is 0 Å². The third kappa shape index (κ3) is 25.7. The number of amides is 4. The number of carbonyl (C=O) groups excluding carboxylic acids is 4. The van der Waals surface area contributed by atoms with Crippen molar-refractivity contribution in [3.05, 3.63) is 0 Å². The van der Waals surface area contributed by atoms with Crippen LogP contribution in [-0.2, 0) is 72.4 Å². The zero-order valence-electron chi connectivity index (χ0n) is 69.5. The first-order chi connectivity index (χ1) is 47.2. The molecule has 12 atom stereocenters. The van der Waals surface area contributed by atoms with Gasteiger partial charge in [0.1, 0.15) is 22.4 Å². The van der Waals surface area contributed by atoms with Crippen LogP contribution in [0.4, 0.5) is 19.2 Å². The van der Waals surface area contributed by atoms with Crippen molar-refractivity contribution < 1.29 is 74.6 Å². The van der Waals surface area contributed by atoms with Crippen molar-refractivity contribution in [3.63, 3.8) is 0 Å². The molecule has 4 aliphatic carbocycles. The highest BCUT2D eigenvalue weighted by Gasteiger charge is 2.56. The summed E-state index contributed by atoms with van der Waals surface area (Å²) >= 11 is 0. The van der Waals surface area contributed by atoms with Gasteiger partial charge < -0.3 is 58.2 Å². The van der Waals surface area contributed by atoms with Crippen molar-refractivity contribution in [1.82, 2.24) is 37.7 Å². The average molecular weight is 1550 g/mol. The van der Waals surface area contributed by atoms with Crippen molar-refractivity contribution in [2.45, 2.75) is 359 Å². The number of carbonyl (C=O) groups is 4. The van der Waals surface area contributed by atoms with E-state index in [0.717, 1.165) is 77.0 Å². The van der Waals surface area contributed by atoms with Gasteiger partial charge in [-0.15, -0.1) is 0 Å². The molecule has 24 nitrogen and oxygen atoms in total. The predicted octanol–water partition coefficient (Wildman–Crippen LogP) is 12.3. The second-order valence-electron chi connectivity index (χ2n) is 39.1. The first-order valence-corrected chi connectivity index (χ1v) is 42.7. The summed E-state index contributed by atoms with van der Waals surface area (Å²) in [6.45, 7) is 51.5. The van der Waals surface area contributed by atoms with Crippen LogP contribution in [0.3, 0.4) is 0 Å². The molecule has 104 heavy (non-hydrogen) atoms. The number of aliphatic hydroxyl groups is 2. The number of hydrogen-bond donors (Lipinski definition) is 4. The molecule has 0 aromatic carbocycles. The molecule has 4 saturated heterocycles. The van der Waals surface area contributed by atoms with Crippen molar-refractivity contribution in [2.75, 3.05) is 80.7 Å². The molecule has 4 amide bonds. The van der Waals surface area contributed by atoms with Crippen LogP contribution in [-0.4, -0.2) is 250 Å². The summed E-state index contributed by atoms with van der Waals surface area (Å²) in [4.78, 5) is 56.5. The van der Waals surface area contributed by atoms with Crippen molar-refractivity contribution >= 4 is 68.3 Å². The summed E-state index contributed by atoms with van der Waals surface area (Å²) in [6.07, 6.45) is 11.7. The van der Waals surface area contributed by atoms with E-state index in [1.54, 1.807) is 28.9 Å². The molecule has 4 N–H and O–H groups in total. The summed E-state index contributed by atoms with van der Waals surface area (Å²) in [7, 11) is 2.91. The fourth-order valence-electron chi connectivity index (χ4n) is 16.3. The fraction of sp³-hybridized carbons (Fsp3) is 0.947. The molecular weight excluding hydrogens is 1410 g/mol. The number of aliphatic hydroxyl groups excluding tert-OH is 2. The first-order valence-electron chi connectivity index (χ1n) is 38.2. The highest BCUT2D eigenvalue weighted by molar-refractivity contribution is 7.85. The number of ether oxygens (including phenoxy) is 6. The lowest BCUT2D eigenvalue weighted by Gasteiger charge is -2.46. The Bertz CT molecular complexity index is 2930. The Morgan fingerprint density at radius 3 is 0.894 bits per heavy atom. The largest absolute Gasteiger partial charge is 0.444 e. The van der Waals surface area contributed by atoms with Gasteiger partial charge in [0, 0.05) is 105 Å². The molecule has 0 aromatic heterocycles. The van der Waals surface area contributed by atoms with Crippen LogP contribution in [0.5, 0.6) is 0 Å². The second-order valence-corrected chi connectivity index (χ2v) is 47.6. The third-order valence-electron chi connectivity index (χ3n) is 21.8. The van der Waals surface area contributed by atoms with E-state index < -0.39 is 66.3 Å². The minimum Gasteiger partial charge on any atom is -0.444 e. The van der Waals surface area contributed by atoms with Gasteiger partial charge in [-0.05, 0) is 291 Å². The Labute approximate surface area is 638 Å². The van der Waals surface area contributed by atoms with Gasteiger partial charge in [0.25, 0.3) is 0 Å². The fourth-order valence-corrected chi connectivity index (χ4v) is 21.0. The summed E-state index contributed by atoms with van der Waals surface area (Å²) in [5, 5.41) is 20.6. The number of hydrogen-bond acceptors (Lipinski definition) is 16. The predicted molar refractivity (Wildman–Crippen MR) is 417 cm³/mol. The van der Waals surface area contributed by atoms with Gasteiger partial charge in [-0.1, -0.05) is 0 Å². The smallest absolute Gasteiger partial charge is 0.410 e. The maximum atomic E-state index is 13.0. The molecule has 8 rings (SSSR count). The summed E-state index contributed by atoms with van der Waals surface area (Å²) in [5.74, 6) is 0. The molecule has 608 valence electrons. The van der Waals surface area contributed by atoms with E-state index in [9.17, 15) is 46.2 Å². The van der Waals surface area contributed by atoms with Crippen LogP contribution in [0.25, 0.3) is 0 Å². The first kappa shape index (κ1) is 92.0. The van der Waals surface area contributed by atoms with E-state index in [2.05, 4.69) is 13.7 Å². The Morgan fingerprint density at radius 2 is 0.606 bits per heavy atom. The number of rotatable bonds is 10. The van der Waals surface area contributed by atoms with E-state index in [1.807, 2.05) is 189 Å². The lowest BCUT2D eigenvalue weighted by atomic mass is 9.74. The Morgan fingerprint density at radius 1 is 0.365 bits per heavy atom. The lowest BCUT2D eigenvalue weighted by molar-refractivity contribution is 0.00132. The minimum absolute atomic E-state index is 0.0170. The average Bonchev–Trinajstić information content (AvgIpc) is 1.49. The minimum atomic E-state index is -1.17. The number of nitrogens with zero attached hydrogens (tertiary/aromatic N) is 6. The molecule has 0 bridgehead atoms. The molecule has 0 unspecified atom stereocenters. The maximum absolute atomic E-state index is 13.0. The molecule has 8 fully saturated rings. The van der Waals surface area contributed by atoms with E-state index in [1.165, 1.54) is 0 Å². The SMILES string of the molecule is CC(C)(C)OC(=O)N1CCC2(CC1)C[C@@H](O)C[C@H]2N[S@](=O)C(C)(C)C.CN([C@@H]1C[C@H](O)CC12CCN(C(=O)OC(C)(C)C)CC2)[S@](=O)C(C)(C)C.CO[C@H]1C[C@@H](N(C)[S@](=O)C(C)(C)C)C2(CCN(C(=O)OC(C)(C)C)CC2)C1.CO[C@H]1C[C@@H](N[S@](=O)C(C)(C)C)C2(CCN(C(=O)OC(C)(C)C)CC2)C1. The molecule has 0 radical (unpaired) electrons. The van der Waals surface area contributed by atoms with Crippen LogP contribution in [0, 0.1) is 21.7 Å². The number of nitrogens with one attached hydrogen (secondary N) is 2. The van der Waals surface area contributed by atoms with Crippen LogP contribution in [0.15, 0.2) is 0 Å². The maximum Gasteiger partial charge on any atom is 0.410 e. The Kier molecular flexibility index (Phi) is 31.3. The van der Waals surface area contributed by atoms with Crippen LogP contribution >= 0.6 is 0 Å². The van der Waals surface area contributed by atoms with Gasteiger partial charge in [-0.2, -0.15) is 0 Å². The summed E-state index contributed by atoms with van der Waals surface area (Å²) in [5.41, 5.74) is -2.07. The second kappa shape index (κ2) is 35.4. The zero-order valence-corrected chi connectivity index (χ0v) is 72.8. The van der Waals surface area contributed by atoms with Gasteiger partial charge >= 0.3 is 24.4 Å². The van der Waals surface area contributed by atoms with E-state index in [-0.39, 0.29) is 114 Å². The van der Waals surface area contributed by atoms with Crippen molar-refractivity contribution in [1.29, 1.82) is 0 Å². The molecule has 4 heterocycles. The van der Waals surface area contributed by atoms with Crippen LogP contribution < -0.4 is 9.44 Å². The highest BCUT2D eigenvalue weighted by atomic mass is 32.2. The quantitative estimate of drug-likeness (QED) is 0.148. The third-order valence-corrected chi connectivity index (χ3v) is 28.7. The molecule has 28 heteroatoms. The van der Waals surface area contributed by atoms with Crippen molar-refractivity contribution in [2.24, 2.45) is 21.7 Å². The molecule has 4 spiro atoms. The molecular formula is C76H144N8O16S4. The number of methoxy groups -OCH3 is 2. The molecule has 0 aromatic rings. The van der Waals surface area contributed by atoms with E-state index >= 15 is 0 Å². The number of likely N-dealkylation sites (tertiary alicyclic amines) is 4. The standard InChI is InChI=1S/C20H38N2O4S.2C19H36N2O4S.C18H34N2O4S/c1-18(2,3)26-17(23)22-11-9-20(10-12-22)14-15(25-8)13-16(20)21(7)27(24)19(4,5)6;1-17(2,3)25-16(22)21-10-8-19(9-11-21)13-14(24-7)12-15(19)20-26(23)18(4,5)6;1-17(2,3)25-16(23)21-10-8-19(9-11-21)13-14(22)12-15(19)20(7)26(24)18(4,5)6;1-16(2,3)24-15(22)20-9-7-18(8-10-20)12-13(21)11-14(18)19-25(23)17(4,5)6/h15-16H,9-14H2,1-8H3;14-15,20H,8-13H2,1-7H3;14-15,22H,8-13H2,1-7H3;13-14,19,21H,7-12H2,1-6H3/t15-,16+,27+;2*14-,15+,26+;13-,14+,25+/m0000/s1. The van der Waals surface area contributed by atoms with Gasteiger partial charge in [-0.25, -0.2) is 54.1 Å². The zero-order chi connectivity index (χ0) is 79.3. The lowest BCUT2D eigenvalue weighted by Crippen LogP contribution is -2.53. The Balaban J connectivity index is 0.000000249. The summed E-state index contributed by atoms with van der Waals surface area (Å²) in [6, 6.07) is 0.429. The Hall–Kier alpha value is -2.64. The van der Waals surface area contributed by atoms with Gasteiger partial charge in [-0.3, -0.25) is 0 Å². The highest BCUT2D eigenvalue weighted by Crippen LogP contribution is 2.53. The number of piperidine rings is 4. The summed E-state index contributed by atoms with van der Waals surface area (Å²) < 4.78 is 93.8. The van der Waals surface area contributed by atoms with E-state index in [0.29, 0.717) is 78.0 Å². The molecule has 4 aliphatic heterocycles. The van der Waals surface area contributed by atoms with Crippen LogP contribution in [0.2, 0.25) is 0 Å². The van der Waals surface area contributed by atoms with Gasteiger partial charge in [0.05, 0.1) is 87.3 Å². The molecule has 8 aliphatic rings. The molecule has 4 saturated carbocycles. The van der Waals surface area contributed by atoms with Crippen LogP contribution in [0.1, 0.15) is 269 Å². The van der Waals surface area contributed by atoms with Gasteiger partial charge in [0.15, 0.2) is 0 Å². The normalized spacial score (nSPS) is 27.7. The van der Waals surface area contributed by atoms with E-state index in [4.69, 9.17) is 28.4 Å².